The molecule has 3 rings (SSSR count). The van der Waals surface area contributed by atoms with E-state index in [1.165, 1.54) is 20.0 Å². The summed E-state index contributed by atoms with van der Waals surface area (Å²) >= 11 is 0. The van der Waals surface area contributed by atoms with Crippen LogP contribution in [0.15, 0.2) is 54.6 Å². The van der Waals surface area contributed by atoms with Gasteiger partial charge >= 0.3 is 5.97 Å². The van der Waals surface area contributed by atoms with Crippen LogP contribution in [-0.4, -0.2) is 30.8 Å². The molecular formula is C24H27NO4. The number of hydrogen-bond acceptors (Lipinski definition) is 4. The predicted molar refractivity (Wildman–Crippen MR) is 111 cm³/mol. The Labute approximate surface area is 171 Å². The predicted octanol–water partition coefficient (Wildman–Crippen LogP) is 3.70. The largest absolute Gasteiger partial charge is 0.467 e. The van der Waals surface area contributed by atoms with Gasteiger partial charge in [0.2, 0.25) is 5.91 Å². The van der Waals surface area contributed by atoms with Crippen molar-refractivity contribution in [3.63, 3.8) is 0 Å². The van der Waals surface area contributed by atoms with Gasteiger partial charge in [0.05, 0.1) is 7.11 Å². The van der Waals surface area contributed by atoms with Crippen LogP contribution in [-0.2, 0) is 20.7 Å². The van der Waals surface area contributed by atoms with E-state index in [1.807, 2.05) is 30.3 Å². The number of benzene rings is 2. The van der Waals surface area contributed by atoms with Crippen molar-refractivity contribution in [1.29, 1.82) is 0 Å². The summed E-state index contributed by atoms with van der Waals surface area (Å²) in [5, 5.41) is 2.83. The summed E-state index contributed by atoms with van der Waals surface area (Å²) in [6.07, 6.45) is 5.28. The molecule has 0 heterocycles. The Balaban J connectivity index is 1.63. The lowest BCUT2D eigenvalue weighted by atomic mass is 9.99. The van der Waals surface area contributed by atoms with E-state index < -0.39 is 12.0 Å². The molecule has 1 fully saturated rings. The molecule has 1 N–H and O–H groups in total. The van der Waals surface area contributed by atoms with E-state index in [9.17, 15) is 14.4 Å². The van der Waals surface area contributed by atoms with E-state index in [4.69, 9.17) is 4.74 Å². The fourth-order valence-electron chi connectivity index (χ4n) is 3.85. The summed E-state index contributed by atoms with van der Waals surface area (Å²) < 4.78 is 4.87. The van der Waals surface area contributed by atoms with Gasteiger partial charge in [0, 0.05) is 24.0 Å². The third-order valence-corrected chi connectivity index (χ3v) is 5.46. The van der Waals surface area contributed by atoms with Gasteiger partial charge in [-0.1, -0.05) is 67.4 Å². The van der Waals surface area contributed by atoms with Crippen LogP contribution in [0.4, 0.5) is 0 Å². The zero-order chi connectivity index (χ0) is 20.6. The van der Waals surface area contributed by atoms with Crippen LogP contribution in [0.1, 0.15) is 53.6 Å². The minimum absolute atomic E-state index is 0.0495. The molecule has 0 unspecified atom stereocenters. The number of ketones is 1. The first-order valence-corrected chi connectivity index (χ1v) is 10.1. The molecule has 1 amide bonds. The molecule has 0 bridgehead atoms. The summed E-state index contributed by atoms with van der Waals surface area (Å²) in [6, 6.07) is 15.5. The summed E-state index contributed by atoms with van der Waals surface area (Å²) in [5.74, 6) is -0.208. The fourth-order valence-corrected chi connectivity index (χ4v) is 3.85. The zero-order valence-corrected chi connectivity index (χ0v) is 16.7. The third-order valence-electron chi connectivity index (χ3n) is 5.46. The van der Waals surface area contributed by atoms with Crippen LogP contribution < -0.4 is 5.32 Å². The summed E-state index contributed by atoms with van der Waals surface area (Å²) in [4.78, 5) is 37.0. The molecule has 0 aromatic heterocycles. The second-order valence-electron chi connectivity index (χ2n) is 7.59. The molecule has 0 radical (unpaired) electrons. The van der Waals surface area contributed by atoms with Gasteiger partial charge in [-0.25, -0.2) is 4.79 Å². The molecular weight excluding hydrogens is 366 g/mol. The van der Waals surface area contributed by atoms with Gasteiger partial charge in [0.1, 0.15) is 6.04 Å². The molecule has 1 aliphatic rings. The fraction of sp³-hybridized carbons (Fsp3) is 0.375. The minimum atomic E-state index is -0.732. The molecule has 0 spiro atoms. The number of nitrogens with one attached hydrogen (secondary N) is 1. The Morgan fingerprint density at radius 3 is 2.21 bits per heavy atom. The van der Waals surface area contributed by atoms with Crippen LogP contribution in [0.5, 0.6) is 0 Å². The third kappa shape index (κ3) is 5.76. The van der Waals surface area contributed by atoms with Crippen molar-refractivity contribution in [1.82, 2.24) is 5.32 Å². The molecule has 1 saturated carbocycles. The molecule has 29 heavy (non-hydrogen) atoms. The van der Waals surface area contributed by atoms with E-state index >= 15 is 0 Å². The van der Waals surface area contributed by atoms with Gasteiger partial charge in [-0.3, -0.25) is 9.59 Å². The average Bonchev–Trinajstić information content (AvgIpc) is 3.26. The van der Waals surface area contributed by atoms with Crippen LogP contribution in [0.25, 0.3) is 0 Å². The molecule has 5 heteroatoms. The van der Waals surface area contributed by atoms with Gasteiger partial charge in [0.15, 0.2) is 5.78 Å². The normalized spacial score (nSPS) is 14.9. The highest BCUT2D eigenvalue weighted by atomic mass is 16.5. The van der Waals surface area contributed by atoms with E-state index in [1.54, 1.807) is 24.3 Å². The quantitative estimate of drug-likeness (QED) is 0.548. The first-order chi connectivity index (χ1) is 14.1. The maximum absolute atomic E-state index is 12.5. The highest BCUT2D eigenvalue weighted by Crippen LogP contribution is 2.27. The average molecular weight is 393 g/mol. The number of esters is 1. The Kier molecular flexibility index (Phi) is 7.17. The van der Waals surface area contributed by atoms with E-state index in [0.717, 1.165) is 18.4 Å². The van der Waals surface area contributed by atoms with Crippen molar-refractivity contribution in [2.45, 2.75) is 44.6 Å². The van der Waals surface area contributed by atoms with Gasteiger partial charge in [-0.05, 0) is 24.3 Å². The number of rotatable bonds is 8. The number of ether oxygens (including phenoxy) is 1. The molecule has 152 valence electrons. The summed E-state index contributed by atoms with van der Waals surface area (Å²) in [7, 11) is 1.32. The molecule has 1 aliphatic carbocycles. The second-order valence-corrected chi connectivity index (χ2v) is 7.59. The van der Waals surface area contributed by atoms with E-state index in [-0.39, 0.29) is 11.7 Å². The SMILES string of the molecule is COC(=O)[C@@H](Cc1ccc(C(=O)c2ccccc2)cc1)NC(=O)CC1CCCC1. The van der Waals surface area contributed by atoms with Gasteiger partial charge in [-0.2, -0.15) is 0 Å². The number of methoxy groups -OCH3 is 1. The van der Waals surface area contributed by atoms with Crippen molar-refractivity contribution in [3.05, 3.63) is 71.3 Å². The van der Waals surface area contributed by atoms with Gasteiger partial charge in [0.25, 0.3) is 0 Å². The Bertz CT molecular complexity index is 839. The molecule has 0 aliphatic heterocycles. The zero-order valence-electron chi connectivity index (χ0n) is 16.7. The van der Waals surface area contributed by atoms with Crippen molar-refractivity contribution in [2.24, 2.45) is 5.92 Å². The van der Waals surface area contributed by atoms with Crippen LogP contribution in [0.2, 0.25) is 0 Å². The maximum atomic E-state index is 12.5. The van der Waals surface area contributed by atoms with Gasteiger partial charge in [-0.15, -0.1) is 0 Å². The Morgan fingerprint density at radius 1 is 0.966 bits per heavy atom. The monoisotopic (exact) mass is 393 g/mol. The standard InChI is InChI=1S/C24H27NO4/c1-29-24(28)21(25-22(26)16-17-7-5-6-8-17)15-18-11-13-20(14-12-18)23(27)19-9-3-2-4-10-19/h2-4,9-14,17,21H,5-8,15-16H2,1H3,(H,25,26)/t21-/m1/s1. The van der Waals surface area contributed by atoms with E-state index in [2.05, 4.69) is 5.32 Å². The summed E-state index contributed by atoms with van der Waals surface area (Å²) in [6.45, 7) is 0. The number of hydrogen-bond donors (Lipinski definition) is 1. The lowest BCUT2D eigenvalue weighted by Gasteiger charge is -2.18. The minimum Gasteiger partial charge on any atom is -0.467 e. The number of carbonyl (C=O) groups excluding carboxylic acids is 3. The van der Waals surface area contributed by atoms with Crippen LogP contribution in [0.3, 0.4) is 0 Å². The van der Waals surface area contributed by atoms with Crippen molar-refractivity contribution < 1.29 is 19.1 Å². The lowest BCUT2D eigenvalue weighted by molar-refractivity contribution is -0.145. The highest BCUT2D eigenvalue weighted by molar-refractivity contribution is 6.08. The number of carbonyl (C=O) groups is 3. The first kappa shape index (κ1) is 20.8. The maximum Gasteiger partial charge on any atom is 0.328 e. The molecule has 0 saturated heterocycles. The first-order valence-electron chi connectivity index (χ1n) is 10.1. The van der Waals surface area contributed by atoms with Crippen molar-refractivity contribution >= 4 is 17.7 Å². The van der Waals surface area contributed by atoms with Crippen molar-refractivity contribution in [2.75, 3.05) is 7.11 Å². The van der Waals surface area contributed by atoms with Crippen LogP contribution >= 0.6 is 0 Å². The van der Waals surface area contributed by atoms with E-state index in [0.29, 0.717) is 29.9 Å². The Hall–Kier alpha value is -2.95. The second kappa shape index (κ2) is 10.0. The molecule has 2 aromatic carbocycles. The Morgan fingerprint density at radius 2 is 1.59 bits per heavy atom. The topological polar surface area (TPSA) is 72.5 Å². The van der Waals surface area contributed by atoms with Crippen molar-refractivity contribution in [3.8, 4) is 0 Å². The number of amides is 1. The highest BCUT2D eigenvalue weighted by Gasteiger charge is 2.25. The van der Waals surface area contributed by atoms with Crippen LogP contribution in [0, 0.1) is 5.92 Å². The molecule has 1 atom stereocenters. The summed E-state index contributed by atoms with van der Waals surface area (Å²) in [5.41, 5.74) is 2.07. The van der Waals surface area contributed by atoms with Gasteiger partial charge < -0.3 is 10.1 Å². The lowest BCUT2D eigenvalue weighted by Crippen LogP contribution is -2.43. The molecule has 5 nitrogen and oxygen atoms in total. The molecule has 2 aromatic rings. The smallest absolute Gasteiger partial charge is 0.328 e.